The Labute approximate surface area is 107 Å². The van der Waals surface area contributed by atoms with E-state index in [2.05, 4.69) is 24.4 Å². The fourth-order valence-corrected chi connectivity index (χ4v) is 2.55. The summed E-state index contributed by atoms with van der Waals surface area (Å²) >= 11 is 1.65. The molecule has 0 aliphatic rings. The van der Waals surface area contributed by atoms with Gasteiger partial charge < -0.3 is 10.1 Å². The Morgan fingerprint density at radius 2 is 2.24 bits per heavy atom. The van der Waals surface area contributed by atoms with Crippen LogP contribution < -0.4 is 5.32 Å². The van der Waals surface area contributed by atoms with Gasteiger partial charge in [-0.2, -0.15) is 0 Å². The molecule has 0 radical (unpaired) electrons. The van der Waals surface area contributed by atoms with E-state index in [-0.39, 0.29) is 5.97 Å². The zero-order valence-corrected chi connectivity index (χ0v) is 11.6. The number of rotatable bonds is 5. The predicted octanol–water partition coefficient (Wildman–Crippen LogP) is 2.24. The number of likely N-dealkylation sites (N-methyl/N-ethyl adjacent to an activating group) is 1. The molecule has 1 aromatic carbocycles. The van der Waals surface area contributed by atoms with E-state index in [1.54, 1.807) is 18.8 Å². The molecule has 4 heteroatoms. The van der Waals surface area contributed by atoms with E-state index in [0.29, 0.717) is 5.75 Å². The van der Waals surface area contributed by atoms with Crippen LogP contribution in [0.4, 0.5) is 0 Å². The van der Waals surface area contributed by atoms with Crippen LogP contribution in [0.5, 0.6) is 0 Å². The molecule has 1 rings (SSSR count). The SMILES string of the molecule is CNC(C)(CSc1cccc(C)c1)C(=O)OC. The molecule has 0 saturated heterocycles. The Balaban J connectivity index is 2.68. The lowest BCUT2D eigenvalue weighted by atomic mass is 10.1. The van der Waals surface area contributed by atoms with Crippen LogP contribution in [0.3, 0.4) is 0 Å². The van der Waals surface area contributed by atoms with Gasteiger partial charge in [0, 0.05) is 10.6 Å². The summed E-state index contributed by atoms with van der Waals surface area (Å²) in [6, 6.07) is 8.23. The van der Waals surface area contributed by atoms with Gasteiger partial charge in [-0.3, -0.25) is 4.79 Å². The Hall–Kier alpha value is -1.00. The molecule has 1 unspecified atom stereocenters. The highest BCUT2D eigenvalue weighted by Gasteiger charge is 2.32. The number of benzene rings is 1. The van der Waals surface area contributed by atoms with Crippen molar-refractivity contribution in [3.63, 3.8) is 0 Å². The molecule has 1 atom stereocenters. The van der Waals surface area contributed by atoms with Crippen molar-refractivity contribution < 1.29 is 9.53 Å². The molecule has 0 aliphatic carbocycles. The summed E-state index contributed by atoms with van der Waals surface area (Å²) in [6.45, 7) is 3.91. The van der Waals surface area contributed by atoms with E-state index in [9.17, 15) is 4.79 Å². The topological polar surface area (TPSA) is 38.3 Å². The van der Waals surface area contributed by atoms with Crippen LogP contribution in [0.25, 0.3) is 0 Å². The van der Waals surface area contributed by atoms with E-state index in [0.717, 1.165) is 4.90 Å². The summed E-state index contributed by atoms with van der Waals surface area (Å²) in [5.41, 5.74) is 0.572. The molecular weight excluding hydrogens is 234 g/mol. The first-order chi connectivity index (χ1) is 8.01. The third kappa shape index (κ3) is 3.75. The van der Waals surface area contributed by atoms with Gasteiger partial charge in [0.25, 0.3) is 0 Å². The first-order valence-corrected chi connectivity index (χ1v) is 6.47. The van der Waals surface area contributed by atoms with Gasteiger partial charge in [0.05, 0.1) is 7.11 Å². The van der Waals surface area contributed by atoms with E-state index < -0.39 is 5.54 Å². The van der Waals surface area contributed by atoms with E-state index in [1.807, 2.05) is 19.1 Å². The van der Waals surface area contributed by atoms with Crippen molar-refractivity contribution in [2.24, 2.45) is 0 Å². The molecule has 1 N–H and O–H groups in total. The molecule has 0 fully saturated rings. The normalized spacial score (nSPS) is 14.1. The zero-order chi connectivity index (χ0) is 12.9. The van der Waals surface area contributed by atoms with Crippen molar-refractivity contribution in [3.8, 4) is 0 Å². The summed E-state index contributed by atoms with van der Waals surface area (Å²) in [5, 5.41) is 3.02. The number of aryl methyl sites for hydroxylation is 1. The highest BCUT2D eigenvalue weighted by molar-refractivity contribution is 7.99. The number of ether oxygens (including phenoxy) is 1. The Bertz CT molecular complexity index is 395. The van der Waals surface area contributed by atoms with Crippen LogP contribution in [0.15, 0.2) is 29.2 Å². The van der Waals surface area contributed by atoms with E-state index >= 15 is 0 Å². The molecular formula is C13H19NO2S. The van der Waals surface area contributed by atoms with Crippen molar-refractivity contribution >= 4 is 17.7 Å². The zero-order valence-electron chi connectivity index (χ0n) is 10.7. The maximum absolute atomic E-state index is 11.7. The van der Waals surface area contributed by atoms with E-state index in [4.69, 9.17) is 4.74 Å². The van der Waals surface area contributed by atoms with Crippen LogP contribution in [-0.2, 0) is 9.53 Å². The highest BCUT2D eigenvalue weighted by Crippen LogP contribution is 2.23. The van der Waals surface area contributed by atoms with Crippen molar-refractivity contribution in [1.29, 1.82) is 0 Å². The molecule has 0 aliphatic heterocycles. The van der Waals surface area contributed by atoms with Crippen molar-refractivity contribution in [2.45, 2.75) is 24.3 Å². The lowest BCUT2D eigenvalue weighted by Crippen LogP contribution is -2.50. The van der Waals surface area contributed by atoms with Gasteiger partial charge in [-0.1, -0.05) is 17.7 Å². The fourth-order valence-electron chi connectivity index (χ4n) is 1.39. The minimum atomic E-state index is -0.650. The third-order valence-electron chi connectivity index (χ3n) is 2.70. The van der Waals surface area contributed by atoms with Gasteiger partial charge >= 0.3 is 5.97 Å². The molecule has 0 heterocycles. The second-order valence-corrected chi connectivity index (χ2v) is 5.23. The number of methoxy groups -OCH3 is 1. The first-order valence-electron chi connectivity index (χ1n) is 5.48. The molecule has 0 spiro atoms. The Kier molecular flexibility index (Phi) is 5.02. The van der Waals surface area contributed by atoms with Gasteiger partial charge in [-0.25, -0.2) is 0 Å². The summed E-state index contributed by atoms with van der Waals surface area (Å²) in [4.78, 5) is 12.8. The lowest BCUT2D eigenvalue weighted by Gasteiger charge is -2.25. The van der Waals surface area contributed by atoms with Gasteiger partial charge in [-0.05, 0) is 33.0 Å². The van der Waals surface area contributed by atoms with Crippen molar-refractivity contribution in [1.82, 2.24) is 5.32 Å². The second-order valence-electron chi connectivity index (χ2n) is 4.18. The summed E-state index contributed by atoms with van der Waals surface area (Å²) in [7, 11) is 3.18. The number of nitrogens with one attached hydrogen (secondary N) is 1. The smallest absolute Gasteiger partial charge is 0.326 e. The third-order valence-corrected chi connectivity index (χ3v) is 4.01. The minimum absolute atomic E-state index is 0.236. The van der Waals surface area contributed by atoms with Crippen LogP contribution in [0.1, 0.15) is 12.5 Å². The summed E-state index contributed by atoms with van der Waals surface area (Å²) < 4.78 is 4.80. The number of esters is 1. The largest absolute Gasteiger partial charge is 0.468 e. The Morgan fingerprint density at radius 3 is 2.76 bits per heavy atom. The summed E-state index contributed by atoms with van der Waals surface area (Å²) in [6.07, 6.45) is 0. The minimum Gasteiger partial charge on any atom is -0.468 e. The number of hydrogen-bond acceptors (Lipinski definition) is 4. The van der Waals surface area contributed by atoms with Gasteiger partial charge in [0.2, 0.25) is 0 Å². The van der Waals surface area contributed by atoms with Crippen LogP contribution in [0, 0.1) is 6.92 Å². The molecule has 0 amide bonds. The maximum Gasteiger partial charge on any atom is 0.326 e. The average Bonchev–Trinajstić information content (AvgIpc) is 2.35. The molecule has 3 nitrogen and oxygen atoms in total. The molecule has 94 valence electrons. The second kappa shape index (κ2) is 6.07. The number of hydrogen-bond donors (Lipinski definition) is 1. The maximum atomic E-state index is 11.7. The molecule has 1 aromatic rings. The van der Waals surface area contributed by atoms with E-state index in [1.165, 1.54) is 12.7 Å². The van der Waals surface area contributed by atoms with Crippen LogP contribution in [0.2, 0.25) is 0 Å². The number of thioether (sulfide) groups is 1. The predicted molar refractivity (Wildman–Crippen MR) is 71.4 cm³/mol. The first kappa shape index (κ1) is 14.1. The standard InChI is InChI=1S/C13H19NO2S/c1-10-6-5-7-11(8-10)17-9-13(2,14-3)12(15)16-4/h5-8,14H,9H2,1-4H3. The van der Waals surface area contributed by atoms with Gasteiger partial charge in [0.15, 0.2) is 0 Å². The molecule has 17 heavy (non-hydrogen) atoms. The van der Waals surface area contributed by atoms with Crippen LogP contribution >= 0.6 is 11.8 Å². The van der Waals surface area contributed by atoms with Crippen molar-refractivity contribution in [2.75, 3.05) is 19.9 Å². The quantitative estimate of drug-likeness (QED) is 0.645. The van der Waals surface area contributed by atoms with Gasteiger partial charge in [-0.15, -0.1) is 11.8 Å². The van der Waals surface area contributed by atoms with Crippen LogP contribution in [-0.4, -0.2) is 31.4 Å². The fraction of sp³-hybridized carbons (Fsp3) is 0.462. The Morgan fingerprint density at radius 1 is 1.53 bits per heavy atom. The van der Waals surface area contributed by atoms with Crippen molar-refractivity contribution in [3.05, 3.63) is 29.8 Å². The number of carbonyl (C=O) groups is 1. The average molecular weight is 253 g/mol. The van der Waals surface area contributed by atoms with Gasteiger partial charge in [0.1, 0.15) is 5.54 Å². The highest BCUT2D eigenvalue weighted by atomic mass is 32.2. The lowest BCUT2D eigenvalue weighted by molar-refractivity contribution is -0.146. The molecule has 0 saturated carbocycles. The number of carbonyl (C=O) groups excluding carboxylic acids is 1. The monoisotopic (exact) mass is 253 g/mol. The summed E-state index contributed by atoms with van der Waals surface area (Å²) in [5.74, 6) is 0.403. The molecule has 0 bridgehead atoms. The molecule has 0 aromatic heterocycles.